The van der Waals surface area contributed by atoms with Crippen molar-refractivity contribution in [2.45, 2.75) is 0 Å². The van der Waals surface area contributed by atoms with Gasteiger partial charge in [0.05, 0.1) is 34.1 Å². The lowest BCUT2D eigenvalue weighted by Crippen LogP contribution is -2.43. The number of nitrogen functional groups attached to an aromatic ring is 6. The fraction of sp³-hybridized carbons (Fsp3) is 0. The normalized spacial score (nSPS) is 9.84. The smallest absolute Gasteiger partial charge is 0.341 e. The molecule has 36 N–H and O–H groups in total. The largest absolute Gasteiger partial charge is 0.822 e. The van der Waals surface area contributed by atoms with E-state index < -0.39 is 51.5 Å². The summed E-state index contributed by atoms with van der Waals surface area (Å²) in [6.45, 7) is 0. The summed E-state index contributed by atoms with van der Waals surface area (Å²) in [5.74, 6) is -5.99. The first kappa shape index (κ1) is 69.0. The maximum Gasteiger partial charge on any atom is 0.341 e. The molecule has 76 heavy (non-hydrogen) atoms. The molecule has 0 aliphatic carbocycles. The molecule has 0 aliphatic rings. The van der Waals surface area contributed by atoms with Gasteiger partial charge in [0.1, 0.15) is 33.4 Å². The standard InChI is InChI=1S/6C7H8N2O2.2H3O4P/c6*8-5-3-1-2-4(6(5)9)7(10)11;2*1-5(2,3)4/h6*1-3H,8-9H2,(H,10,11);2*(H3,1,2,3,4). The number of quaternary nitrogens is 6. The molecule has 0 heterocycles. The van der Waals surface area contributed by atoms with Crippen molar-refractivity contribution in [1.82, 2.24) is 0 Å². The van der Waals surface area contributed by atoms with Gasteiger partial charge < -0.3 is 138 Å². The minimum Gasteiger partial charge on any atom is -0.822 e. The Morgan fingerprint density at radius 3 is 0.447 bits per heavy atom. The van der Waals surface area contributed by atoms with Crippen LogP contribution in [0, 0.1) is 0 Å². The van der Waals surface area contributed by atoms with Crippen LogP contribution in [0.3, 0.4) is 0 Å². The van der Waals surface area contributed by atoms with Crippen molar-refractivity contribution in [2.75, 3.05) is 34.4 Å². The van der Waals surface area contributed by atoms with E-state index in [9.17, 15) is 28.8 Å². The first-order valence-corrected chi connectivity index (χ1v) is 22.8. The monoisotopic (exact) mass is 1110 g/mol. The van der Waals surface area contributed by atoms with E-state index in [0.29, 0.717) is 68.2 Å². The molecule has 0 spiro atoms. The highest BCUT2D eigenvalue weighted by atomic mass is 31.2. The number of phosphoric acid groups is 2. The van der Waals surface area contributed by atoms with E-state index in [2.05, 4.69) is 34.4 Å². The summed E-state index contributed by atoms with van der Waals surface area (Å²) in [5, 5.41) is 51.6. The van der Waals surface area contributed by atoms with Gasteiger partial charge in [-0.05, 0) is 72.8 Å². The SMILES string of the molecule is Nc1cccc(C(=O)O)c1[NH3+].Nc1cccc(C(=O)O)c1[NH3+].Nc1cccc(C(=O)O)c1[NH3+].Nc1cccc(C(=O)O)c1[NH3+].Nc1cccc(C(=O)O)c1[NH3+].Nc1cccc(C(=O)O)c1[NH3+].O=P([O-])([O-])[O-].O=P([O-])([O-])[O-]. The summed E-state index contributed by atoms with van der Waals surface area (Å²) < 4.78 is 17.1. The lowest BCUT2D eigenvalue weighted by Gasteiger charge is -2.36. The molecule has 412 valence electrons. The molecule has 0 amide bonds. The predicted octanol–water partition coefficient (Wildman–Crippen LogP) is -6.61. The maximum absolute atomic E-state index is 10.5. The van der Waals surface area contributed by atoms with E-state index >= 15 is 0 Å². The number of benzene rings is 6. The lowest BCUT2D eigenvalue weighted by molar-refractivity contribution is -0.434. The quantitative estimate of drug-likeness (QED) is 0.0545. The van der Waals surface area contributed by atoms with Crippen LogP contribution in [0.1, 0.15) is 62.1 Å². The van der Waals surface area contributed by atoms with Gasteiger partial charge in [-0.15, -0.1) is 0 Å². The van der Waals surface area contributed by atoms with E-state index in [1.807, 2.05) is 0 Å². The van der Waals surface area contributed by atoms with Crippen LogP contribution in [0.4, 0.5) is 68.2 Å². The zero-order valence-electron chi connectivity index (χ0n) is 39.4. The van der Waals surface area contributed by atoms with Gasteiger partial charge in [-0.3, -0.25) is 0 Å². The predicted molar refractivity (Wildman–Crippen MR) is 257 cm³/mol. The summed E-state index contributed by atoms with van der Waals surface area (Å²) >= 11 is 0. The second-order valence-electron chi connectivity index (χ2n) is 14.0. The third-order valence-electron chi connectivity index (χ3n) is 8.66. The molecule has 34 heteroatoms. The lowest BCUT2D eigenvalue weighted by atomic mass is 10.1. The van der Waals surface area contributed by atoms with Gasteiger partial charge in [-0.1, -0.05) is 36.4 Å². The molecule has 0 atom stereocenters. The first-order valence-electron chi connectivity index (χ1n) is 19.8. The molecule has 0 unspecified atom stereocenters. The number of carboxylic acids is 6. The molecule has 6 aromatic rings. The van der Waals surface area contributed by atoms with Crippen LogP contribution in [0.2, 0.25) is 0 Å². The summed E-state index contributed by atoms with van der Waals surface area (Å²) in [7, 11) is -10.8. The third-order valence-corrected chi connectivity index (χ3v) is 8.66. The summed E-state index contributed by atoms with van der Waals surface area (Å²) in [5.41, 5.74) is 59.4. The van der Waals surface area contributed by atoms with Crippen molar-refractivity contribution < 1.29 is 132 Å². The number of anilines is 6. The van der Waals surface area contributed by atoms with Crippen molar-refractivity contribution >= 4 is 120 Å². The van der Waals surface area contributed by atoms with Gasteiger partial charge in [0.25, 0.3) is 0 Å². The summed E-state index contributed by atoms with van der Waals surface area (Å²) in [6.07, 6.45) is 0. The maximum atomic E-state index is 10.5. The molecule has 6 rings (SSSR count). The van der Waals surface area contributed by atoms with Gasteiger partial charge in [-0.2, -0.15) is 15.6 Å². The minimum atomic E-state index is -5.39. The zero-order valence-corrected chi connectivity index (χ0v) is 41.2. The number of hydrogen-bond acceptors (Lipinski definition) is 20. The number of rotatable bonds is 6. The summed E-state index contributed by atoms with van der Waals surface area (Å²) in [4.78, 5) is 114. The molecule has 0 saturated carbocycles. The topological polar surface area (TPSA) is 718 Å². The first-order chi connectivity index (χ1) is 34.8. The van der Waals surface area contributed by atoms with Crippen molar-refractivity contribution in [1.29, 1.82) is 0 Å². The van der Waals surface area contributed by atoms with Gasteiger partial charge in [-0.25, -0.2) is 28.8 Å². The van der Waals surface area contributed by atoms with Gasteiger partial charge >= 0.3 is 35.8 Å². The third kappa shape index (κ3) is 27.1. The van der Waals surface area contributed by atoms with Crippen molar-refractivity contribution in [3.8, 4) is 0 Å². The molecule has 0 fully saturated rings. The van der Waals surface area contributed by atoms with Crippen LogP contribution in [0.15, 0.2) is 109 Å². The average Bonchev–Trinajstić information content (AvgIpc) is 3.28. The fourth-order valence-electron chi connectivity index (χ4n) is 4.83. The number of hydrogen-bond donors (Lipinski definition) is 18. The highest BCUT2D eigenvalue weighted by Gasteiger charge is 2.16. The van der Waals surface area contributed by atoms with Gasteiger partial charge in [0.2, 0.25) is 0 Å². The van der Waals surface area contributed by atoms with E-state index in [4.69, 9.17) is 104 Å². The Bertz CT molecular complexity index is 2590. The van der Waals surface area contributed by atoms with Crippen LogP contribution in [-0.4, -0.2) is 66.5 Å². The van der Waals surface area contributed by atoms with Crippen molar-refractivity contribution in [2.24, 2.45) is 0 Å². The van der Waals surface area contributed by atoms with E-state index in [-0.39, 0.29) is 33.4 Å². The molecule has 0 saturated heterocycles. The zero-order chi connectivity index (χ0) is 59.6. The summed E-state index contributed by atoms with van der Waals surface area (Å²) in [6, 6.07) is 28.1. The number of carboxylic acid groups (broad SMARTS) is 6. The number of carbonyl (C=O) groups is 6. The van der Waals surface area contributed by atoms with Crippen LogP contribution in [0.5, 0.6) is 0 Å². The molecular formula is C42H54N12O20P2. The molecule has 0 bridgehead atoms. The Hall–Kier alpha value is -9.08. The Labute approximate surface area is 428 Å². The highest BCUT2D eigenvalue weighted by Crippen LogP contribution is 2.21. The highest BCUT2D eigenvalue weighted by molar-refractivity contribution is 7.40. The van der Waals surface area contributed by atoms with Crippen molar-refractivity contribution in [3.63, 3.8) is 0 Å². The van der Waals surface area contributed by atoms with Crippen LogP contribution < -0.4 is 98.2 Å². The Morgan fingerprint density at radius 2 is 0.382 bits per heavy atom. The van der Waals surface area contributed by atoms with Crippen LogP contribution in [-0.2, 0) is 9.13 Å². The van der Waals surface area contributed by atoms with E-state index in [0.717, 1.165) is 0 Å². The molecule has 0 aromatic heterocycles. The van der Waals surface area contributed by atoms with Gasteiger partial charge in [0, 0.05) is 0 Å². The molecule has 0 radical (unpaired) electrons. The van der Waals surface area contributed by atoms with E-state index in [1.54, 1.807) is 72.8 Å². The molecular weight excluding hydrogens is 1050 g/mol. The molecule has 6 aromatic carbocycles. The number of nitrogens with two attached hydrogens (primary N) is 6. The number of aromatic carboxylic acids is 6. The van der Waals surface area contributed by atoms with Gasteiger partial charge in [0.15, 0.2) is 34.1 Å². The Kier molecular flexibility index (Phi) is 29.2. The van der Waals surface area contributed by atoms with Crippen LogP contribution >= 0.6 is 15.6 Å². The van der Waals surface area contributed by atoms with Crippen molar-refractivity contribution in [3.05, 3.63) is 143 Å². The fourth-order valence-corrected chi connectivity index (χ4v) is 4.83. The van der Waals surface area contributed by atoms with Crippen LogP contribution in [0.25, 0.3) is 0 Å². The second-order valence-corrected chi connectivity index (χ2v) is 15.8. The average molecular weight is 1110 g/mol. The van der Waals surface area contributed by atoms with E-state index in [1.165, 1.54) is 36.4 Å². The minimum absolute atomic E-state index is 0.157. The second kappa shape index (κ2) is 32.2. The molecule has 32 nitrogen and oxygen atoms in total. The Balaban J connectivity index is 0. The molecule has 0 aliphatic heterocycles. The Morgan fingerprint density at radius 1 is 0.289 bits per heavy atom.